The molecule has 0 aliphatic carbocycles. The van der Waals surface area contributed by atoms with Gasteiger partial charge >= 0.3 is 5.97 Å². The predicted octanol–water partition coefficient (Wildman–Crippen LogP) is 1.35. The van der Waals surface area contributed by atoms with E-state index < -0.39 is 5.97 Å². The highest BCUT2D eigenvalue weighted by molar-refractivity contribution is 5.98. The van der Waals surface area contributed by atoms with Gasteiger partial charge < -0.3 is 10.1 Å². The van der Waals surface area contributed by atoms with E-state index in [0.717, 1.165) is 0 Å². The second kappa shape index (κ2) is 6.30. The van der Waals surface area contributed by atoms with Crippen molar-refractivity contribution in [2.75, 3.05) is 11.9 Å². The van der Waals surface area contributed by atoms with Crippen LogP contribution < -0.4 is 5.32 Å². The van der Waals surface area contributed by atoms with Gasteiger partial charge in [-0.1, -0.05) is 0 Å². The zero-order chi connectivity index (χ0) is 16.2. The number of hydrogen-bond acceptors (Lipinski definition) is 5. The van der Waals surface area contributed by atoms with Crippen LogP contribution in [0.15, 0.2) is 43.0 Å². The molecule has 0 aromatic carbocycles. The summed E-state index contributed by atoms with van der Waals surface area (Å²) < 4.78 is 8.07. The van der Waals surface area contributed by atoms with Gasteiger partial charge in [-0.3, -0.25) is 9.48 Å². The monoisotopic (exact) mass is 313 g/mol. The molecule has 3 aromatic rings. The van der Waals surface area contributed by atoms with Gasteiger partial charge in [0.1, 0.15) is 12.1 Å². The molecule has 3 aromatic heterocycles. The molecule has 0 saturated heterocycles. The first-order valence-electron chi connectivity index (χ1n) is 7.09. The number of nitrogens with one attached hydrogen (secondary N) is 1. The maximum absolute atomic E-state index is 12.0. The van der Waals surface area contributed by atoms with E-state index in [0.29, 0.717) is 16.8 Å². The van der Waals surface area contributed by atoms with Crippen LogP contribution in [-0.4, -0.2) is 37.9 Å². The molecule has 0 spiro atoms. The summed E-state index contributed by atoms with van der Waals surface area (Å²) in [6.45, 7) is 2.14. The fourth-order valence-corrected chi connectivity index (χ4v) is 2.17. The third-order valence-corrected chi connectivity index (χ3v) is 3.17. The first-order chi connectivity index (χ1) is 11.2. The number of pyridine rings is 1. The Labute approximate surface area is 131 Å². The van der Waals surface area contributed by atoms with Crippen molar-refractivity contribution in [3.05, 3.63) is 48.5 Å². The fourth-order valence-electron chi connectivity index (χ4n) is 2.17. The molecule has 1 amide bonds. The van der Waals surface area contributed by atoms with Gasteiger partial charge in [0.05, 0.1) is 18.3 Å². The zero-order valence-corrected chi connectivity index (χ0v) is 12.5. The second-order valence-electron chi connectivity index (χ2n) is 4.78. The van der Waals surface area contributed by atoms with E-state index in [9.17, 15) is 9.59 Å². The summed E-state index contributed by atoms with van der Waals surface area (Å²) in [4.78, 5) is 23.9. The normalized spacial score (nSPS) is 10.7. The van der Waals surface area contributed by atoms with Crippen LogP contribution in [0.1, 0.15) is 17.3 Å². The maximum Gasteiger partial charge on any atom is 0.341 e. The van der Waals surface area contributed by atoms with Gasteiger partial charge in [0.25, 0.3) is 0 Å². The minimum atomic E-state index is -0.442. The van der Waals surface area contributed by atoms with Gasteiger partial charge in [-0.25, -0.2) is 9.31 Å². The Hall–Kier alpha value is -3.16. The largest absolute Gasteiger partial charge is 0.462 e. The van der Waals surface area contributed by atoms with Crippen molar-refractivity contribution in [2.45, 2.75) is 13.5 Å². The SMILES string of the molecule is CCOC(=O)c1cnn2ccc(NC(=O)Cn3cccn3)cc12. The van der Waals surface area contributed by atoms with Crippen LogP contribution in [0.2, 0.25) is 0 Å². The van der Waals surface area contributed by atoms with Crippen LogP contribution in [0.5, 0.6) is 0 Å². The number of aromatic nitrogens is 4. The number of amides is 1. The number of anilines is 1. The second-order valence-corrected chi connectivity index (χ2v) is 4.78. The van der Waals surface area contributed by atoms with Crippen molar-refractivity contribution in [1.29, 1.82) is 0 Å². The van der Waals surface area contributed by atoms with Crippen molar-refractivity contribution in [1.82, 2.24) is 19.4 Å². The van der Waals surface area contributed by atoms with Crippen molar-refractivity contribution >= 4 is 23.1 Å². The molecule has 0 aliphatic heterocycles. The van der Waals surface area contributed by atoms with Gasteiger partial charge in [0.15, 0.2) is 0 Å². The molecule has 1 N–H and O–H groups in total. The minimum absolute atomic E-state index is 0.113. The molecule has 23 heavy (non-hydrogen) atoms. The van der Waals surface area contributed by atoms with Crippen LogP contribution in [0.25, 0.3) is 5.52 Å². The average molecular weight is 313 g/mol. The number of carbonyl (C=O) groups excluding carboxylic acids is 2. The van der Waals surface area contributed by atoms with Gasteiger partial charge in [-0.2, -0.15) is 10.2 Å². The zero-order valence-electron chi connectivity index (χ0n) is 12.5. The lowest BCUT2D eigenvalue weighted by atomic mass is 10.2. The smallest absolute Gasteiger partial charge is 0.341 e. The molecule has 0 radical (unpaired) electrons. The predicted molar refractivity (Wildman–Crippen MR) is 82.0 cm³/mol. The highest BCUT2D eigenvalue weighted by Crippen LogP contribution is 2.17. The van der Waals surface area contributed by atoms with Crippen molar-refractivity contribution in [2.24, 2.45) is 0 Å². The van der Waals surface area contributed by atoms with Crippen molar-refractivity contribution in [3.63, 3.8) is 0 Å². The highest BCUT2D eigenvalue weighted by atomic mass is 16.5. The van der Waals surface area contributed by atoms with Gasteiger partial charge in [-0.05, 0) is 25.1 Å². The third kappa shape index (κ3) is 3.20. The summed E-state index contributed by atoms with van der Waals surface area (Å²) in [5.41, 5.74) is 1.50. The Morgan fingerprint density at radius 3 is 2.91 bits per heavy atom. The number of fused-ring (bicyclic) bond motifs is 1. The summed E-state index contributed by atoms with van der Waals surface area (Å²) in [7, 11) is 0. The molecule has 0 unspecified atom stereocenters. The first kappa shape index (κ1) is 14.8. The van der Waals surface area contributed by atoms with Gasteiger partial charge in [0, 0.05) is 24.3 Å². The average Bonchev–Trinajstić information content (AvgIpc) is 3.16. The van der Waals surface area contributed by atoms with E-state index in [1.54, 1.807) is 48.2 Å². The lowest BCUT2D eigenvalue weighted by molar-refractivity contribution is -0.116. The Morgan fingerprint density at radius 2 is 2.17 bits per heavy atom. The summed E-state index contributed by atoms with van der Waals surface area (Å²) in [6, 6.07) is 5.13. The Balaban J connectivity index is 1.80. The number of esters is 1. The van der Waals surface area contributed by atoms with Crippen LogP contribution >= 0.6 is 0 Å². The summed E-state index contributed by atoms with van der Waals surface area (Å²) in [5.74, 6) is -0.655. The molecule has 8 nitrogen and oxygen atoms in total. The van der Waals surface area contributed by atoms with Crippen LogP contribution in [-0.2, 0) is 16.1 Å². The number of ether oxygens (including phenoxy) is 1. The lowest BCUT2D eigenvalue weighted by Gasteiger charge is -2.06. The van der Waals surface area contributed by atoms with E-state index in [1.807, 2.05) is 0 Å². The Morgan fingerprint density at radius 1 is 1.30 bits per heavy atom. The van der Waals surface area contributed by atoms with Crippen LogP contribution in [0.3, 0.4) is 0 Å². The molecule has 0 saturated carbocycles. The van der Waals surface area contributed by atoms with Crippen LogP contribution in [0.4, 0.5) is 5.69 Å². The molecular weight excluding hydrogens is 298 g/mol. The summed E-state index contributed by atoms with van der Waals surface area (Å²) in [6.07, 6.45) is 6.43. The molecule has 0 fully saturated rings. The quantitative estimate of drug-likeness (QED) is 0.718. The summed E-state index contributed by atoms with van der Waals surface area (Å²) >= 11 is 0. The van der Waals surface area contributed by atoms with Crippen LogP contribution in [0, 0.1) is 0 Å². The number of nitrogens with zero attached hydrogens (tertiary/aromatic N) is 4. The molecular formula is C15H15N5O3. The summed E-state index contributed by atoms with van der Waals surface area (Å²) in [5, 5.41) is 10.8. The van der Waals surface area contributed by atoms with E-state index in [2.05, 4.69) is 15.5 Å². The first-order valence-corrected chi connectivity index (χ1v) is 7.09. The number of rotatable bonds is 5. The standard InChI is InChI=1S/C15H15N5O3/c1-2-23-15(22)12-9-17-20-7-4-11(8-13(12)20)18-14(21)10-19-6-3-5-16-19/h3-9H,2,10H2,1H3,(H,18,21). The number of hydrogen-bond donors (Lipinski definition) is 1. The molecule has 118 valence electrons. The molecule has 3 rings (SSSR count). The lowest BCUT2D eigenvalue weighted by Crippen LogP contribution is -2.19. The molecule has 8 heteroatoms. The molecule has 0 aliphatic rings. The Bertz CT molecular complexity index is 838. The van der Waals surface area contributed by atoms with E-state index in [1.165, 1.54) is 10.9 Å². The van der Waals surface area contributed by atoms with Crippen molar-refractivity contribution < 1.29 is 14.3 Å². The van der Waals surface area contributed by atoms with Crippen molar-refractivity contribution in [3.8, 4) is 0 Å². The number of carbonyl (C=O) groups is 2. The topological polar surface area (TPSA) is 90.5 Å². The molecule has 0 atom stereocenters. The molecule has 3 heterocycles. The Kier molecular flexibility index (Phi) is 4.05. The van der Waals surface area contributed by atoms with E-state index in [4.69, 9.17) is 4.74 Å². The minimum Gasteiger partial charge on any atom is -0.462 e. The van der Waals surface area contributed by atoms with E-state index in [-0.39, 0.29) is 19.1 Å². The highest BCUT2D eigenvalue weighted by Gasteiger charge is 2.14. The third-order valence-electron chi connectivity index (χ3n) is 3.17. The van der Waals surface area contributed by atoms with Gasteiger partial charge in [-0.15, -0.1) is 0 Å². The fraction of sp³-hybridized carbons (Fsp3) is 0.200. The maximum atomic E-state index is 12.0. The molecule has 0 bridgehead atoms. The van der Waals surface area contributed by atoms with E-state index >= 15 is 0 Å². The van der Waals surface area contributed by atoms with Gasteiger partial charge in [0.2, 0.25) is 5.91 Å².